The van der Waals surface area contributed by atoms with E-state index < -0.39 is 0 Å². The molecule has 0 saturated heterocycles. The maximum Gasteiger partial charge on any atom is 0.119 e. The van der Waals surface area contributed by atoms with E-state index in [-0.39, 0.29) is 0 Å². The van der Waals surface area contributed by atoms with Crippen LogP contribution in [0.5, 0.6) is 5.75 Å². The predicted octanol–water partition coefficient (Wildman–Crippen LogP) is 3.05. The first kappa shape index (κ1) is 10.0. The van der Waals surface area contributed by atoms with Crippen molar-refractivity contribution in [3.63, 3.8) is 0 Å². The van der Waals surface area contributed by atoms with Crippen LogP contribution in [0.3, 0.4) is 0 Å². The fraction of sp³-hybridized carbons (Fsp3) is 0.462. The monoisotopic (exact) mass is 201 g/mol. The Morgan fingerprint density at radius 3 is 2.87 bits per heavy atom. The summed E-state index contributed by atoms with van der Waals surface area (Å²) in [6.07, 6.45) is 3.91. The van der Waals surface area contributed by atoms with Gasteiger partial charge in [-0.1, -0.05) is 12.8 Å². The molecule has 0 atom stereocenters. The predicted molar refractivity (Wildman–Crippen MR) is 58.7 cm³/mol. The lowest BCUT2D eigenvalue weighted by Gasteiger charge is -2.06. The molecule has 0 aromatic heterocycles. The molecule has 1 fully saturated rings. The van der Waals surface area contributed by atoms with Crippen LogP contribution >= 0.6 is 0 Å². The number of benzene rings is 1. The van der Waals surface area contributed by atoms with Crippen LogP contribution in [-0.4, -0.2) is 6.61 Å². The highest BCUT2D eigenvalue weighted by atomic mass is 16.5. The summed E-state index contributed by atoms with van der Waals surface area (Å²) >= 11 is 0. The first-order valence-corrected chi connectivity index (χ1v) is 5.43. The van der Waals surface area contributed by atoms with E-state index >= 15 is 0 Å². The van der Waals surface area contributed by atoms with Gasteiger partial charge < -0.3 is 4.74 Å². The van der Waals surface area contributed by atoms with Crippen molar-refractivity contribution in [2.45, 2.75) is 26.2 Å². The van der Waals surface area contributed by atoms with Crippen molar-refractivity contribution in [1.82, 2.24) is 0 Å². The third kappa shape index (κ3) is 2.73. The van der Waals surface area contributed by atoms with Gasteiger partial charge in [-0.25, -0.2) is 0 Å². The largest absolute Gasteiger partial charge is 0.494 e. The van der Waals surface area contributed by atoms with E-state index in [0.29, 0.717) is 0 Å². The number of ether oxygens (including phenoxy) is 1. The molecule has 0 unspecified atom stereocenters. The van der Waals surface area contributed by atoms with Gasteiger partial charge in [-0.2, -0.15) is 5.26 Å². The first-order valence-electron chi connectivity index (χ1n) is 5.43. The standard InChI is InChI=1S/C13H15NO/c1-10-8-13(5-4-12(10)9-14)15-7-6-11-2-3-11/h4-5,8,11H,2-3,6-7H2,1H3. The molecule has 1 aromatic carbocycles. The van der Waals surface area contributed by atoms with Crippen LogP contribution in [0.1, 0.15) is 30.4 Å². The van der Waals surface area contributed by atoms with Crippen molar-refractivity contribution in [2.75, 3.05) is 6.61 Å². The molecule has 78 valence electrons. The third-order valence-electron chi connectivity index (χ3n) is 2.81. The first-order chi connectivity index (χ1) is 7.29. The van der Waals surface area contributed by atoms with Gasteiger partial charge in [0, 0.05) is 0 Å². The van der Waals surface area contributed by atoms with Crippen molar-refractivity contribution >= 4 is 0 Å². The van der Waals surface area contributed by atoms with Gasteiger partial charge in [0.15, 0.2) is 0 Å². The third-order valence-corrected chi connectivity index (χ3v) is 2.81. The minimum absolute atomic E-state index is 0.726. The molecule has 0 N–H and O–H groups in total. The van der Waals surface area contributed by atoms with Gasteiger partial charge in [-0.3, -0.25) is 0 Å². The molecule has 1 aromatic rings. The Bertz CT molecular complexity index is 388. The highest BCUT2D eigenvalue weighted by Gasteiger charge is 2.20. The van der Waals surface area contributed by atoms with Crippen LogP contribution in [0, 0.1) is 24.2 Å². The SMILES string of the molecule is Cc1cc(OCCC2CC2)ccc1C#N. The molecule has 0 amide bonds. The van der Waals surface area contributed by atoms with Crippen molar-refractivity contribution in [3.05, 3.63) is 29.3 Å². The van der Waals surface area contributed by atoms with Crippen LogP contribution in [0.4, 0.5) is 0 Å². The number of hydrogen-bond donors (Lipinski definition) is 0. The van der Waals surface area contributed by atoms with Crippen LogP contribution in [0.25, 0.3) is 0 Å². The molecule has 0 heterocycles. The van der Waals surface area contributed by atoms with Crippen molar-refractivity contribution in [3.8, 4) is 11.8 Å². The Hall–Kier alpha value is -1.49. The lowest BCUT2D eigenvalue weighted by molar-refractivity contribution is 0.302. The van der Waals surface area contributed by atoms with Gasteiger partial charge >= 0.3 is 0 Å². The zero-order chi connectivity index (χ0) is 10.7. The molecule has 15 heavy (non-hydrogen) atoms. The zero-order valence-corrected chi connectivity index (χ0v) is 8.99. The smallest absolute Gasteiger partial charge is 0.119 e. The van der Waals surface area contributed by atoms with E-state index in [1.54, 1.807) is 0 Å². The van der Waals surface area contributed by atoms with Crippen LogP contribution in [0.15, 0.2) is 18.2 Å². The highest BCUT2D eigenvalue weighted by molar-refractivity contribution is 5.41. The second-order valence-corrected chi connectivity index (χ2v) is 4.17. The van der Waals surface area contributed by atoms with Crippen LogP contribution in [-0.2, 0) is 0 Å². The maximum absolute atomic E-state index is 8.78. The van der Waals surface area contributed by atoms with Crippen LogP contribution < -0.4 is 4.74 Å². The van der Waals surface area contributed by atoms with E-state index in [4.69, 9.17) is 10.00 Å². The van der Waals surface area contributed by atoms with Crippen molar-refractivity contribution in [1.29, 1.82) is 5.26 Å². The fourth-order valence-corrected chi connectivity index (χ4v) is 1.60. The summed E-state index contributed by atoms with van der Waals surface area (Å²) < 4.78 is 5.63. The molecule has 0 radical (unpaired) electrons. The Morgan fingerprint density at radius 2 is 2.27 bits per heavy atom. The Morgan fingerprint density at radius 1 is 1.47 bits per heavy atom. The Labute approximate surface area is 90.5 Å². The van der Waals surface area contributed by atoms with Gasteiger partial charge in [0.2, 0.25) is 0 Å². The molecule has 0 spiro atoms. The molecule has 2 nitrogen and oxygen atoms in total. The van der Waals surface area contributed by atoms with Crippen molar-refractivity contribution in [2.24, 2.45) is 5.92 Å². The minimum Gasteiger partial charge on any atom is -0.494 e. The summed E-state index contributed by atoms with van der Waals surface area (Å²) in [5, 5.41) is 8.78. The summed E-state index contributed by atoms with van der Waals surface area (Å²) in [4.78, 5) is 0. The van der Waals surface area contributed by atoms with Gasteiger partial charge in [0.05, 0.1) is 18.2 Å². The molecule has 2 rings (SSSR count). The van der Waals surface area contributed by atoms with E-state index in [1.807, 2.05) is 25.1 Å². The molecular formula is C13H15NO. The second kappa shape index (κ2) is 4.35. The quantitative estimate of drug-likeness (QED) is 0.750. The molecule has 1 saturated carbocycles. The van der Waals surface area contributed by atoms with E-state index in [9.17, 15) is 0 Å². The molecule has 2 heteroatoms. The maximum atomic E-state index is 8.78. The van der Waals surface area contributed by atoms with E-state index in [0.717, 1.165) is 29.4 Å². The second-order valence-electron chi connectivity index (χ2n) is 4.17. The molecule has 1 aliphatic rings. The number of aryl methyl sites for hydroxylation is 1. The van der Waals surface area contributed by atoms with Crippen molar-refractivity contribution < 1.29 is 4.74 Å². The van der Waals surface area contributed by atoms with Gasteiger partial charge in [-0.05, 0) is 43.0 Å². The number of rotatable bonds is 4. The summed E-state index contributed by atoms with van der Waals surface area (Å²) in [5.41, 5.74) is 1.71. The summed E-state index contributed by atoms with van der Waals surface area (Å²) in [7, 11) is 0. The molecule has 0 aliphatic heterocycles. The van der Waals surface area contributed by atoms with Crippen LogP contribution in [0.2, 0.25) is 0 Å². The number of nitrogens with zero attached hydrogens (tertiary/aromatic N) is 1. The van der Waals surface area contributed by atoms with Gasteiger partial charge in [-0.15, -0.1) is 0 Å². The number of nitriles is 1. The average molecular weight is 201 g/mol. The Kier molecular flexibility index (Phi) is 2.91. The normalized spacial score (nSPS) is 14.7. The van der Waals surface area contributed by atoms with E-state index in [2.05, 4.69) is 6.07 Å². The highest BCUT2D eigenvalue weighted by Crippen LogP contribution is 2.32. The van der Waals surface area contributed by atoms with E-state index in [1.165, 1.54) is 19.3 Å². The minimum atomic E-state index is 0.726. The topological polar surface area (TPSA) is 33.0 Å². The molecule has 0 bridgehead atoms. The average Bonchev–Trinajstić information content (AvgIpc) is 3.02. The number of hydrogen-bond acceptors (Lipinski definition) is 2. The summed E-state index contributed by atoms with van der Waals surface area (Å²) in [6.45, 7) is 2.74. The zero-order valence-electron chi connectivity index (χ0n) is 8.99. The fourth-order valence-electron chi connectivity index (χ4n) is 1.60. The lowest BCUT2D eigenvalue weighted by atomic mass is 10.1. The molecule has 1 aliphatic carbocycles. The van der Waals surface area contributed by atoms with Gasteiger partial charge in [0.1, 0.15) is 5.75 Å². The summed E-state index contributed by atoms with van der Waals surface area (Å²) in [5.74, 6) is 1.79. The van der Waals surface area contributed by atoms with Gasteiger partial charge in [0.25, 0.3) is 0 Å². The Balaban J connectivity index is 1.90. The molecular weight excluding hydrogens is 186 g/mol. The summed E-state index contributed by atoms with van der Waals surface area (Å²) in [6, 6.07) is 7.78. The lowest BCUT2D eigenvalue weighted by Crippen LogP contribution is -1.98.